The Morgan fingerprint density at radius 3 is 2.96 bits per heavy atom. The Balaban J connectivity index is 1.64. The van der Waals surface area contributed by atoms with Crippen molar-refractivity contribution < 1.29 is 14.1 Å². The molecular weight excluding hydrogens is 346 g/mol. The van der Waals surface area contributed by atoms with Gasteiger partial charge in [0.1, 0.15) is 0 Å². The second-order valence-electron chi connectivity index (χ2n) is 6.70. The van der Waals surface area contributed by atoms with E-state index in [9.17, 15) is 4.79 Å². The molecule has 1 amide bonds. The number of aromatic nitrogens is 3. The first kappa shape index (κ1) is 18.9. The molecule has 2 heterocycles. The summed E-state index contributed by atoms with van der Waals surface area (Å²) in [6.07, 6.45) is 3.67. The second kappa shape index (κ2) is 8.68. The summed E-state index contributed by atoms with van der Waals surface area (Å²) in [5, 5.41) is 7.79. The lowest BCUT2D eigenvalue weighted by molar-refractivity contribution is 0.171. The smallest absolute Gasteiger partial charge is 0.406 e. The summed E-state index contributed by atoms with van der Waals surface area (Å²) >= 11 is 0. The molecule has 3 aromatic rings. The minimum absolute atomic E-state index is 0.399. The second-order valence-corrected chi connectivity index (χ2v) is 6.70. The van der Waals surface area contributed by atoms with Crippen LogP contribution in [0.1, 0.15) is 22.8 Å². The number of methoxy groups -OCH3 is 1. The number of aromatic amines is 1. The number of ether oxygens (including phenoxy) is 1. The fourth-order valence-corrected chi connectivity index (χ4v) is 2.87. The van der Waals surface area contributed by atoms with Crippen molar-refractivity contribution in [1.29, 1.82) is 0 Å². The van der Waals surface area contributed by atoms with Gasteiger partial charge in [0.15, 0.2) is 5.82 Å². The van der Waals surface area contributed by atoms with E-state index in [0.717, 1.165) is 24.0 Å². The Bertz CT molecular complexity index is 900. The number of benzene rings is 1. The zero-order valence-corrected chi connectivity index (χ0v) is 15.9. The van der Waals surface area contributed by atoms with Crippen molar-refractivity contribution in [1.82, 2.24) is 25.3 Å². The molecule has 2 N–H and O–H groups in total. The van der Waals surface area contributed by atoms with Gasteiger partial charge >= 0.3 is 6.09 Å². The van der Waals surface area contributed by atoms with Crippen LogP contribution in [0.3, 0.4) is 0 Å². The Hall–Kier alpha value is -2.87. The topological polar surface area (TPSA) is 96.3 Å². The molecule has 0 aliphatic rings. The number of H-pyrrole nitrogens is 1. The highest BCUT2D eigenvalue weighted by Gasteiger charge is 2.10. The molecule has 0 spiro atoms. The average molecular weight is 371 g/mol. The molecule has 144 valence electrons. The largest absolute Gasteiger partial charge is 0.453 e. The molecule has 0 saturated carbocycles. The Morgan fingerprint density at radius 1 is 1.33 bits per heavy atom. The van der Waals surface area contributed by atoms with Gasteiger partial charge in [0, 0.05) is 36.6 Å². The first-order valence-electron chi connectivity index (χ1n) is 8.92. The summed E-state index contributed by atoms with van der Waals surface area (Å²) in [6.45, 7) is 1.40. The molecular formula is C19H25N5O3. The molecule has 8 heteroatoms. The summed E-state index contributed by atoms with van der Waals surface area (Å²) < 4.78 is 9.86. The monoisotopic (exact) mass is 371 g/mol. The third-order valence-electron chi connectivity index (χ3n) is 4.33. The number of nitrogens with one attached hydrogen (secondary N) is 2. The van der Waals surface area contributed by atoms with Gasteiger partial charge in [0.05, 0.1) is 13.5 Å². The first-order chi connectivity index (χ1) is 13.0. The van der Waals surface area contributed by atoms with Crippen molar-refractivity contribution in [2.75, 3.05) is 34.3 Å². The van der Waals surface area contributed by atoms with Crippen LogP contribution >= 0.6 is 0 Å². The van der Waals surface area contributed by atoms with Gasteiger partial charge in [0.25, 0.3) is 0 Å². The van der Waals surface area contributed by atoms with E-state index < -0.39 is 6.09 Å². The Morgan fingerprint density at radius 2 is 2.19 bits per heavy atom. The quantitative estimate of drug-likeness (QED) is 0.630. The van der Waals surface area contributed by atoms with Gasteiger partial charge in [0.2, 0.25) is 5.89 Å². The van der Waals surface area contributed by atoms with Gasteiger partial charge in [-0.05, 0) is 43.8 Å². The van der Waals surface area contributed by atoms with E-state index in [1.165, 1.54) is 18.1 Å². The lowest BCUT2D eigenvalue weighted by Gasteiger charge is -2.08. The number of nitrogens with zero attached hydrogens (tertiary/aromatic N) is 3. The SMILES string of the molecule is COC(=O)NCCc1noc(Cc2ccc3[nH]cc(CCN(C)C)c3c2)n1. The molecule has 0 bridgehead atoms. The van der Waals surface area contributed by atoms with Gasteiger partial charge in [-0.25, -0.2) is 4.79 Å². The number of rotatable bonds is 8. The normalized spacial score (nSPS) is 11.3. The number of hydrogen-bond donors (Lipinski definition) is 2. The minimum Gasteiger partial charge on any atom is -0.453 e. The molecule has 8 nitrogen and oxygen atoms in total. The summed E-state index contributed by atoms with van der Waals surface area (Å²) in [7, 11) is 5.48. The van der Waals surface area contributed by atoms with E-state index in [1.54, 1.807) is 0 Å². The molecule has 0 aliphatic carbocycles. The van der Waals surface area contributed by atoms with Crippen LogP contribution in [0, 0.1) is 0 Å². The van der Waals surface area contributed by atoms with Crippen molar-refractivity contribution in [2.45, 2.75) is 19.3 Å². The number of carbonyl (C=O) groups is 1. The summed E-state index contributed by atoms with van der Waals surface area (Å²) in [6, 6.07) is 6.33. The van der Waals surface area contributed by atoms with Gasteiger partial charge in [-0.15, -0.1) is 0 Å². The van der Waals surface area contributed by atoms with Gasteiger partial charge in [-0.1, -0.05) is 11.2 Å². The fourth-order valence-electron chi connectivity index (χ4n) is 2.87. The molecule has 0 atom stereocenters. The third kappa shape index (κ3) is 5.07. The maximum absolute atomic E-state index is 11.0. The first-order valence-corrected chi connectivity index (χ1v) is 8.92. The van der Waals surface area contributed by atoms with E-state index in [4.69, 9.17) is 4.52 Å². The van der Waals surface area contributed by atoms with Crippen LogP contribution in [0.15, 0.2) is 28.9 Å². The van der Waals surface area contributed by atoms with Crippen LogP contribution in [0.5, 0.6) is 0 Å². The average Bonchev–Trinajstić information content (AvgIpc) is 3.26. The maximum atomic E-state index is 11.0. The van der Waals surface area contributed by atoms with E-state index in [0.29, 0.717) is 31.1 Å². The van der Waals surface area contributed by atoms with Crippen LogP contribution in [0.25, 0.3) is 10.9 Å². The standard InChI is InChI=1S/C19H25N5O3/c1-24(2)9-7-14-12-21-16-5-4-13(10-15(14)16)11-18-22-17(23-27-18)6-8-20-19(25)26-3/h4-5,10,12,21H,6-9,11H2,1-3H3,(H,20,25). The highest BCUT2D eigenvalue weighted by atomic mass is 16.5. The van der Waals surface area contributed by atoms with E-state index in [1.807, 2.05) is 0 Å². The lowest BCUT2D eigenvalue weighted by Crippen LogP contribution is -2.25. The molecule has 2 aromatic heterocycles. The van der Waals surface area contributed by atoms with Crippen LogP contribution in [0.4, 0.5) is 4.79 Å². The molecule has 0 radical (unpaired) electrons. The summed E-state index contributed by atoms with van der Waals surface area (Å²) in [5.41, 5.74) is 3.56. The number of fused-ring (bicyclic) bond motifs is 1. The van der Waals surface area contributed by atoms with Gasteiger partial charge < -0.3 is 24.5 Å². The van der Waals surface area contributed by atoms with Crippen LogP contribution < -0.4 is 5.32 Å². The number of likely N-dealkylation sites (N-methyl/N-ethyl adjacent to an activating group) is 1. The molecule has 0 saturated heterocycles. The van der Waals surface area contributed by atoms with Crippen LogP contribution in [0.2, 0.25) is 0 Å². The highest BCUT2D eigenvalue weighted by Crippen LogP contribution is 2.22. The van der Waals surface area contributed by atoms with Crippen LogP contribution in [-0.4, -0.2) is 60.4 Å². The molecule has 0 fully saturated rings. The summed E-state index contributed by atoms with van der Waals surface area (Å²) in [4.78, 5) is 20.9. The van der Waals surface area contributed by atoms with Crippen molar-refractivity contribution in [3.63, 3.8) is 0 Å². The van der Waals surface area contributed by atoms with E-state index >= 15 is 0 Å². The number of amides is 1. The predicted octanol–water partition coefficient (Wildman–Crippen LogP) is 2.14. The number of carbonyl (C=O) groups excluding carboxylic acids is 1. The summed E-state index contributed by atoms with van der Waals surface area (Å²) in [5.74, 6) is 1.13. The van der Waals surface area contributed by atoms with E-state index in [2.05, 4.69) is 68.6 Å². The molecule has 0 unspecified atom stereocenters. The third-order valence-corrected chi connectivity index (χ3v) is 4.33. The predicted molar refractivity (Wildman–Crippen MR) is 102 cm³/mol. The zero-order chi connectivity index (χ0) is 19.2. The van der Waals surface area contributed by atoms with Crippen molar-refractivity contribution in [3.8, 4) is 0 Å². The number of alkyl carbamates (subject to hydrolysis) is 1. The molecule has 3 rings (SSSR count). The van der Waals surface area contributed by atoms with Crippen molar-refractivity contribution >= 4 is 17.0 Å². The Labute approximate surface area is 157 Å². The number of hydrogen-bond acceptors (Lipinski definition) is 6. The Kier molecular flexibility index (Phi) is 6.08. The molecule has 0 aliphatic heterocycles. The molecule has 1 aromatic carbocycles. The van der Waals surface area contributed by atoms with E-state index in [-0.39, 0.29) is 0 Å². The fraction of sp³-hybridized carbons (Fsp3) is 0.421. The highest BCUT2D eigenvalue weighted by molar-refractivity contribution is 5.84. The minimum atomic E-state index is -0.469. The van der Waals surface area contributed by atoms with Gasteiger partial charge in [-0.3, -0.25) is 0 Å². The van der Waals surface area contributed by atoms with Crippen molar-refractivity contribution in [2.24, 2.45) is 0 Å². The van der Waals surface area contributed by atoms with Crippen molar-refractivity contribution in [3.05, 3.63) is 47.2 Å². The van der Waals surface area contributed by atoms with Crippen LogP contribution in [-0.2, 0) is 24.0 Å². The zero-order valence-electron chi connectivity index (χ0n) is 15.9. The molecule has 27 heavy (non-hydrogen) atoms. The van der Waals surface area contributed by atoms with Gasteiger partial charge in [-0.2, -0.15) is 4.98 Å². The lowest BCUT2D eigenvalue weighted by atomic mass is 10.1. The maximum Gasteiger partial charge on any atom is 0.406 e.